The van der Waals surface area contributed by atoms with Crippen molar-refractivity contribution in [2.45, 2.75) is 13.1 Å². The molecule has 3 aromatic rings. The van der Waals surface area contributed by atoms with Crippen LogP contribution < -0.4 is 5.32 Å². The summed E-state index contributed by atoms with van der Waals surface area (Å²) in [5.41, 5.74) is 3.36. The highest BCUT2D eigenvalue weighted by Crippen LogP contribution is 2.20. The molecular weight excluding hydrogens is 260 g/mol. The Morgan fingerprint density at radius 1 is 1.00 bits per heavy atom. The van der Waals surface area contributed by atoms with E-state index in [1.165, 1.54) is 5.56 Å². The van der Waals surface area contributed by atoms with Crippen molar-refractivity contribution in [3.8, 4) is 0 Å². The number of furan rings is 1. The number of rotatable bonds is 5. The van der Waals surface area contributed by atoms with Crippen LogP contribution in [-0.4, -0.2) is 19.0 Å². The van der Waals surface area contributed by atoms with Crippen LogP contribution in [0.3, 0.4) is 0 Å². The summed E-state index contributed by atoms with van der Waals surface area (Å²) in [7, 11) is 4.15. The van der Waals surface area contributed by atoms with Gasteiger partial charge in [-0.05, 0) is 43.9 Å². The summed E-state index contributed by atoms with van der Waals surface area (Å²) in [4.78, 5) is 2.16. The number of benzene rings is 2. The molecule has 0 saturated heterocycles. The molecule has 108 valence electrons. The van der Waals surface area contributed by atoms with Gasteiger partial charge in [-0.2, -0.15) is 0 Å². The first kappa shape index (κ1) is 13.7. The van der Waals surface area contributed by atoms with Gasteiger partial charge in [0.25, 0.3) is 0 Å². The Kier molecular flexibility index (Phi) is 3.93. The largest absolute Gasteiger partial charge is 0.459 e. The summed E-state index contributed by atoms with van der Waals surface area (Å²) in [6.45, 7) is 1.66. The van der Waals surface area contributed by atoms with Crippen LogP contribution in [0.5, 0.6) is 0 Å². The molecule has 0 unspecified atom stereocenters. The standard InChI is InChI=1S/C18H20N2O/c1-20(2)13-14-7-9-16(10-8-14)19-12-17-11-15-5-3-4-6-18(15)21-17/h3-11,19H,12-13H2,1-2H3. The Morgan fingerprint density at radius 3 is 2.48 bits per heavy atom. The maximum atomic E-state index is 5.80. The van der Waals surface area contributed by atoms with Crippen molar-refractivity contribution < 1.29 is 4.42 Å². The van der Waals surface area contributed by atoms with Gasteiger partial charge in [-0.25, -0.2) is 0 Å². The Morgan fingerprint density at radius 2 is 1.76 bits per heavy atom. The molecule has 0 aliphatic carbocycles. The zero-order valence-corrected chi connectivity index (χ0v) is 12.5. The second-order valence-corrected chi connectivity index (χ2v) is 5.54. The van der Waals surface area contributed by atoms with E-state index in [1.54, 1.807) is 0 Å². The molecular formula is C18H20N2O. The highest BCUT2D eigenvalue weighted by atomic mass is 16.3. The molecule has 3 nitrogen and oxygen atoms in total. The second-order valence-electron chi connectivity index (χ2n) is 5.54. The van der Waals surface area contributed by atoms with Gasteiger partial charge in [0.15, 0.2) is 0 Å². The minimum Gasteiger partial charge on any atom is -0.459 e. The van der Waals surface area contributed by atoms with Gasteiger partial charge in [-0.1, -0.05) is 30.3 Å². The van der Waals surface area contributed by atoms with Gasteiger partial charge >= 0.3 is 0 Å². The van der Waals surface area contributed by atoms with E-state index < -0.39 is 0 Å². The van der Waals surface area contributed by atoms with Crippen molar-refractivity contribution in [3.05, 3.63) is 65.9 Å². The molecule has 0 fully saturated rings. The van der Waals surface area contributed by atoms with Crippen LogP contribution in [0.4, 0.5) is 5.69 Å². The van der Waals surface area contributed by atoms with Crippen LogP contribution in [0.25, 0.3) is 11.0 Å². The summed E-state index contributed by atoms with van der Waals surface area (Å²) in [5, 5.41) is 4.54. The van der Waals surface area contributed by atoms with Gasteiger partial charge in [0.2, 0.25) is 0 Å². The van der Waals surface area contributed by atoms with E-state index in [4.69, 9.17) is 4.42 Å². The Bertz CT molecular complexity index is 680. The lowest BCUT2D eigenvalue weighted by Gasteiger charge is -2.10. The molecule has 1 heterocycles. The summed E-state index contributed by atoms with van der Waals surface area (Å²) in [5.74, 6) is 0.952. The molecule has 0 bridgehead atoms. The average Bonchev–Trinajstić information content (AvgIpc) is 2.89. The smallest absolute Gasteiger partial charge is 0.134 e. The normalized spacial score (nSPS) is 11.2. The molecule has 0 amide bonds. The third-order valence-corrected chi connectivity index (χ3v) is 3.40. The van der Waals surface area contributed by atoms with E-state index in [0.717, 1.165) is 29.0 Å². The molecule has 0 spiro atoms. The van der Waals surface area contributed by atoms with Crippen LogP contribution in [0.2, 0.25) is 0 Å². The number of nitrogens with zero attached hydrogens (tertiary/aromatic N) is 1. The quantitative estimate of drug-likeness (QED) is 0.762. The molecule has 0 aliphatic rings. The van der Waals surface area contributed by atoms with Crippen molar-refractivity contribution in [2.24, 2.45) is 0 Å². The molecule has 3 rings (SSSR count). The lowest BCUT2D eigenvalue weighted by atomic mass is 10.2. The lowest BCUT2D eigenvalue weighted by Crippen LogP contribution is -2.10. The van der Waals surface area contributed by atoms with Gasteiger partial charge in [-0.3, -0.25) is 0 Å². The maximum absolute atomic E-state index is 5.80. The summed E-state index contributed by atoms with van der Waals surface area (Å²) in [6, 6.07) is 18.7. The average molecular weight is 280 g/mol. The van der Waals surface area contributed by atoms with E-state index in [-0.39, 0.29) is 0 Å². The number of anilines is 1. The van der Waals surface area contributed by atoms with Crippen molar-refractivity contribution in [2.75, 3.05) is 19.4 Å². The third kappa shape index (κ3) is 3.44. The molecule has 0 saturated carbocycles. The monoisotopic (exact) mass is 280 g/mol. The first-order chi connectivity index (χ1) is 10.2. The lowest BCUT2D eigenvalue weighted by molar-refractivity contribution is 0.402. The third-order valence-electron chi connectivity index (χ3n) is 3.40. The molecule has 1 N–H and O–H groups in total. The number of nitrogens with one attached hydrogen (secondary N) is 1. The number of para-hydroxylation sites is 1. The van der Waals surface area contributed by atoms with E-state index in [9.17, 15) is 0 Å². The molecule has 21 heavy (non-hydrogen) atoms. The molecule has 0 aliphatic heterocycles. The van der Waals surface area contributed by atoms with Gasteiger partial charge in [-0.15, -0.1) is 0 Å². The topological polar surface area (TPSA) is 28.4 Å². The first-order valence-electron chi connectivity index (χ1n) is 7.16. The van der Waals surface area contributed by atoms with Crippen LogP contribution in [-0.2, 0) is 13.1 Å². The van der Waals surface area contributed by atoms with Crippen LogP contribution >= 0.6 is 0 Å². The summed E-state index contributed by atoms with van der Waals surface area (Å²) < 4.78 is 5.80. The zero-order chi connectivity index (χ0) is 14.7. The number of hydrogen-bond acceptors (Lipinski definition) is 3. The second kappa shape index (κ2) is 6.02. The van der Waals surface area contributed by atoms with E-state index in [2.05, 4.69) is 60.7 Å². The van der Waals surface area contributed by atoms with Crippen molar-refractivity contribution >= 4 is 16.7 Å². The number of hydrogen-bond donors (Lipinski definition) is 1. The Balaban J connectivity index is 1.64. The first-order valence-corrected chi connectivity index (χ1v) is 7.16. The van der Waals surface area contributed by atoms with Gasteiger partial charge in [0.1, 0.15) is 11.3 Å². The molecule has 0 radical (unpaired) electrons. The molecule has 3 heteroatoms. The summed E-state index contributed by atoms with van der Waals surface area (Å²) in [6.07, 6.45) is 0. The highest BCUT2D eigenvalue weighted by molar-refractivity contribution is 5.77. The Hall–Kier alpha value is -2.26. The number of fused-ring (bicyclic) bond motifs is 1. The molecule has 1 aromatic heterocycles. The van der Waals surface area contributed by atoms with Crippen molar-refractivity contribution in [1.29, 1.82) is 0 Å². The van der Waals surface area contributed by atoms with Crippen LogP contribution in [0.1, 0.15) is 11.3 Å². The zero-order valence-electron chi connectivity index (χ0n) is 12.5. The highest BCUT2D eigenvalue weighted by Gasteiger charge is 2.03. The molecule has 0 atom stereocenters. The van der Waals surface area contributed by atoms with E-state index in [1.807, 2.05) is 18.2 Å². The van der Waals surface area contributed by atoms with E-state index in [0.29, 0.717) is 6.54 Å². The summed E-state index contributed by atoms with van der Waals surface area (Å²) >= 11 is 0. The minimum atomic E-state index is 0.696. The fraction of sp³-hybridized carbons (Fsp3) is 0.222. The fourth-order valence-electron chi connectivity index (χ4n) is 2.41. The van der Waals surface area contributed by atoms with Gasteiger partial charge in [0, 0.05) is 17.6 Å². The fourth-order valence-corrected chi connectivity index (χ4v) is 2.41. The van der Waals surface area contributed by atoms with E-state index >= 15 is 0 Å². The predicted molar refractivity (Wildman–Crippen MR) is 87.4 cm³/mol. The van der Waals surface area contributed by atoms with Crippen molar-refractivity contribution in [3.63, 3.8) is 0 Å². The van der Waals surface area contributed by atoms with Crippen molar-refractivity contribution in [1.82, 2.24) is 4.90 Å². The maximum Gasteiger partial charge on any atom is 0.134 e. The predicted octanol–water partition coefficient (Wildman–Crippen LogP) is 4.11. The Labute approximate surface area is 125 Å². The van der Waals surface area contributed by atoms with Gasteiger partial charge < -0.3 is 14.6 Å². The van der Waals surface area contributed by atoms with Gasteiger partial charge in [0.05, 0.1) is 6.54 Å². The minimum absolute atomic E-state index is 0.696. The van der Waals surface area contributed by atoms with Crippen LogP contribution in [0.15, 0.2) is 59.0 Å². The van der Waals surface area contributed by atoms with Crippen LogP contribution in [0, 0.1) is 0 Å². The SMILES string of the molecule is CN(C)Cc1ccc(NCc2cc3ccccc3o2)cc1. The molecule has 2 aromatic carbocycles.